The van der Waals surface area contributed by atoms with Crippen molar-refractivity contribution in [1.29, 1.82) is 0 Å². The van der Waals surface area contributed by atoms with Crippen LogP contribution >= 0.6 is 11.3 Å². The number of hydrogen-bond acceptors (Lipinski definition) is 5. The molecule has 0 saturated heterocycles. The first kappa shape index (κ1) is 20.9. The van der Waals surface area contributed by atoms with E-state index in [1.54, 1.807) is 23.7 Å². The number of aromatic nitrogens is 3. The van der Waals surface area contributed by atoms with Crippen LogP contribution in [-0.4, -0.2) is 21.0 Å². The Bertz CT molecular complexity index is 1360. The van der Waals surface area contributed by atoms with Crippen molar-refractivity contribution in [2.75, 3.05) is 0 Å². The average molecular weight is 447 g/mol. The van der Waals surface area contributed by atoms with Gasteiger partial charge in [-0.3, -0.25) is 14.6 Å². The van der Waals surface area contributed by atoms with Crippen LogP contribution < -0.4 is 5.56 Å². The highest BCUT2D eigenvalue weighted by molar-refractivity contribution is 7.18. The Labute approximate surface area is 176 Å². The Morgan fingerprint density at radius 1 is 1.19 bits per heavy atom. The predicted octanol–water partition coefficient (Wildman–Crippen LogP) is 5.07. The quantitative estimate of drug-likeness (QED) is 0.350. The maximum atomic E-state index is 13.3. The lowest BCUT2D eigenvalue weighted by Gasteiger charge is -2.12. The zero-order valence-electron chi connectivity index (χ0n) is 15.9. The lowest BCUT2D eigenvalue weighted by molar-refractivity contribution is -0.138. The molecule has 0 aliphatic rings. The molecule has 4 aromatic rings. The zero-order valence-corrected chi connectivity index (χ0v) is 16.7. The van der Waals surface area contributed by atoms with E-state index in [0.29, 0.717) is 17.2 Å². The van der Waals surface area contributed by atoms with Crippen LogP contribution in [0.2, 0.25) is 0 Å². The lowest BCUT2D eigenvalue weighted by Crippen LogP contribution is -2.15. The van der Waals surface area contributed by atoms with Gasteiger partial charge in [-0.25, -0.2) is 9.49 Å². The maximum Gasteiger partial charge on any atom is 0.416 e. The smallest absolute Gasteiger partial charge is 0.287 e. The molecule has 10 heteroatoms. The molecule has 31 heavy (non-hydrogen) atoms. The summed E-state index contributed by atoms with van der Waals surface area (Å²) < 4.78 is 53.0. The van der Waals surface area contributed by atoms with Gasteiger partial charge in [-0.05, 0) is 24.6 Å². The van der Waals surface area contributed by atoms with Crippen LogP contribution in [0.15, 0.2) is 46.7 Å². The second kappa shape index (κ2) is 7.69. The van der Waals surface area contributed by atoms with Crippen molar-refractivity contribution in [3.8, 4) is 11.1 Å². The number of aryl methyl sites for hydroxylation is 1. The number of H-pyrrole nitrogens is 1. The standard InChI is InChI=1S/C21H13F4N3O2S/c1-10-2-3-13(8-26-10)14-9-31-19-16(14)20(30)28-27-17(19)18(29)11-4-5-12(7-22)15(6-11)21(23,24)25/h2-6,8-9H,7H2,1H3,(H,28,30). The molecule has 3 aromatic heterocycles. The van der Waals surface area contributed by atoms with Crippen LogP contribution in [0.4, 0.5) is 17.6 Å². The highest BCUT2D eigenvalue weighted by atomic mass is 32.1. The monoisotopic (exact) mass is 447 g/mol. The number of aromatic amines is 1. The molecule has 0 amide bonds. The molecule has 0 spiro atoms. The molecule has 1 aromatic carbocycles. The van der Waals surface area contributed by atoms with E-state index in [9.17, 15) is 27.2 Å². The highest BCUT2D eigenvalue weighted by Crippen LogP contribution is 2.35. The number of thiophene rings is 1. The zero-order chi connectivity index (χ0) is 22.3. The summed E-state index contributed by atoms with van der Waals surface area (Å²) in [5.41, 5.74) is -0.844. The molecule has 1 N–H and O–H groups in total. The Morgan fingerprint density at radius 2 is 1.97 bits per heavy atom. The number of ketones is 1. The number of halogens is 4. The normalized spacial score (nSPS) is 11.8. The molecule has 0 bridgehead atoms. The van der Waals surface area contributed by atoms with Crippen molar-refractivity contribution in [1.82, 2.24) is 15.2 Å². The predicted molar refractivity (Wildman–Crippen MR) is 108 cm³/mol. The Balaban J connectivity index is 1.86. The molecule has 0 atom stereocenters. The van der Waals surface area contributed by atoms with Crippen LogP contribution in [0.5, 0.6) is 0 Å². The highest BCUT2D eigenvalue weighted by Gasteiger charge is 2.34. The van der Waals surface area contributed by atoms with Crippen molar-refractivity contribution in [2.24, 2.45) is 0 Å². The van der Waals surface area contributed by atoms with Gasteiger partial charge >= 0.3 is 6.18 Å². The summed E-state index contributed by atoms with van der Waals surface area (Å²) in [7, 11) is 0. The largest absolute Gasteiger partial charge is 0.416 e. The first-order valence-electron chi connectivity index (χ1n) is 8.94. The molecular weight excluding hydrogens is 434 g/mol. The van der Waals surface area contributed by atoms with Crippen molar-refractivity contribution in [3.63, 3.8) is 0 Å². The van der Waals surface area contributed by atoms with Crippen LogP contribution in [-0.2, 0) is 12.9 Å². The number of nitrogens with one attached hydrogen (secondary N) is 1. The third kappa shape index (κ3) is 3.74. The molecule has 5 nitrogen and oxygen atoms in total. The fourth-order valence-electron chi connectivity index (χ4n) is 3.20. The van der Waals surface area contributed by atoms with E-state index in [4.69, 9.17) is 0 Å². The van der Waals surface area contributed by atoms with Gasteiger partial charge in [-0.15, -0.1) is 11.3 Å². The topological polar surface area (TPSA) is 75.7 Å². The third-order valence-corrected chi connectivity index (χ3v) is 5.75. The van der Waals surface area contributed by atoms with Crippen LogP contribution in [0.3, 0.4) is 0 Å². The number of hydrogen-bond donors (Lipinski definition) is 1. The summed E-state index contributed by atoms with van der Waals surface area (Å²) in [5, 5.41) is 7.90. The van der Waals surface area contributed by atoms with Crippen molar-refractivity contribution in [3.05, 3.63) is 80.3 Å². The third-order valence-electron chi connectivity index (χ3n) is 4.76. The number of rotatable bonds is 4. The van der Waals surface area contributed by atoms with Gasteiger partial charge in [-0.2, -0.15) is 18.3 Å². The molecule has 4 rings (SSSR count). The Kier molecular flexibility index (Phi) is 5.18. The van der Waals surface area contributed by atoms with Gasteiger partial charge in [0.1, 0.15) is 12.4 Å². The Hall–Kier alpha value is -3.40. The summed E-state index contributed by atoms with van der Waals surface area (Å²) in [5.74, 6) is -0.812. The molecule has 0 aliphatic heterocycles. The fourth-order valence-corrected chi connectivity index (χ4v) is 4.26. The van der Waals surface area contributed by atoms with Crippen LogP contribution in [0.1, 0.15) is 32.9 Å². The van der Waals surface area contributed by atoms with Gasteiger partial charge in [0.05, 0.1) is 15.6 Å². The maximum absolute atomic E-state index is 13.3. The summed E-state index contributed by atoms with van der Waals surface area (Å²) in [6.07, 6.45) is -3.23. The van der Waals surface area contributed by atoms with Crippen molar-refractivity contribution >= 4 is 27.2 Å². The van der Waals surface area contributed by atoms with E-state index in [-0.39, 0.29) is 21.3 Å². The van der Waals surface area contributed by atoms with Crippen LogP contribution in [0.25, 0.3) is 21.2 Å². The van der Waals surface area contributed by atoms with E-state index in [1.807, 2.05) is 6.92 Å². The SMILES string of the molecule is Cc1ccc(-c2csc3c(C(=O)c4ccc(CF)c(C(F)(F)F)c4)n[nH]c(=O)c23)cn1. The van der Waals surface area contributed by atoms with E-state index < -0.39 is 35.3 Å². The van der Waals surface area contributed by atoms with Crippen LogP contribution in [0, 0.1) is 6.92 Å². The number of carbonyl (C=O) groups excluding carboxylic acids is 1. The van der Waals surface area contributed by atoms with Crippen molar-refractivity contribution < 1.29 is 22.4 Å². The number of benzene rings is 1. The molecule has 0 saturated carbocycles. The van der Waals surface area contributed by atoms with E-state index >= 15 is 0 Å². The van der Waals surface area contributed by atoms with Gasteiger partial charge in [-0.1, -0.05) is 18.2 Å². The number of fused-ring (bicyclic) bond motifs is 1. The Morgan fingerprint density at radius 3 is 2.61 bits per heavy atom. The van der Waals surface area contributed by atoms with Gasteiger partial charge in [0.15, 0.2) is 0 Å². The second-order valence-electron chi connectivity index (χ2n) is 6.78. The summed E-state index contributed by atoms with van der Waals surface area (Å²) in [6, 6.07) is 6.19. The van der Waals surface area contributed by atoms with Gasteiger partial charge < -0.3 is 0 Å². The fraction of sp³-hybridized carbons (Fsp3) is 0.143. The molecular formula is C21H13F4N3O2S. The number of carbonyl (C=O) groups is 1. The molecule has 158 valence electrons. The van der Waals surface area contributed by atoms with E-state index in [0.717, 1.165) is 29.2 Å². The second-order valence-corrected chi connectivity index (χ2v) is 7.66. The number of alkyl halides is 4. The molecule has 0 fully saturated rings. The van der Waals surface area contributed by atoms with Gasteiger partial charge in [0, 0.05) is 34.0 Å². The first-order valence-corrected chi connectivity index (χ1v) is 9.82. The molecule has 0 radical (unpaired) electrons. The minimum absolute atomic E-state index is 0.188. The lowest BCUT2D eigenvalue weighted by atomic mass is 9.99. The molecule has 3 heterocycles. The summed E-state index contributed by atoms with van der Waals surface area (Å²) >= 11 is 1.08. The first-order chi connectivity index (χ1) is 14.7. The molecule has 0 unspecified atom stereocenters. The number of nitrogens with zero attached hydrogens (tertiary/aromatic N) is 2. The summed E-state index contributed by atoms with van der Waals surface area (Å²) in [6.45, 7) is 0.496. The van der Waals surface area contributed by atoms with Crippen molar-refractivity contribution in [2.45, 2.75) is 19.8 Å². The van der Waals surface area contributed by atoms with E-state index in [2.05, 4.69) is 15.2 Å². The average Bonchev–Trinajstić information content (AvgIpc) is 3.19. The summed E-state index contributed by atoms with van der Waals surface area (Å²) in [4.78, 5) is 29.6. The van der Waals surface area contributed by atoms with E-state index in [1.165, 1.54) is 0 Å². The minimum Gasteiger partial charge on any atom is -0.287 e. The number of pyridine rings is 1. The van der Waals surface area contributed by atoms with Gasteiger partial charge in [0.25, 0.3) is 5.56 Å². The molecule has 0 aliphatic carbocycles. The van der Waals surface area contributed by atoms with Gasteiger partial charge in [0.2, 0.25) is 5.78 Å². The minimum atomic E-state index is -4.82.